The molecule has 2 fully saturated rings. The van der Waals surface area contributed by atoms with Crippen molar-refractivity contribution in [1.82, 2.24) is 10.2 Å². The fraction of sp³-hybridized carbons (Fsp3) is 0.947. The molecule has 3 heteroatoms. The van der Waals surface area contributed by atoms with E-state index in [1.807, 2.05) is 20.8 Å². The lowest BCUT2D eigenvalue weighted by Crippen LogP contribution is -2.55. The Morgan fingerprint density at radius 1 is 1.18 bits per heavy atom. The van der Waals surface area contributed by atoms with Crippen LogP contribution in [0, 0.1) is 23.2 Å². The molecule has 0 aromatic heterocycles. The molecule has 1 N–H and O–H groups in total. The maximum atomic E-state index is 12.7. The predicted octanol–water partition coefficient (Wildman–Crippen LogP) is 3.69. The van der Waals surface area contributed by atoms with E-state index in [9.17, 15) is 4.79 Å². The number of nitrogens with zero attached hydrogens (tertiary/aromatic N) is 1. The van der Waals surface area contributed by atoms with Gasteiger partial charge in [-0.05, 0) is 43.6 Å². The Balaban J connectivity index is 1.95. The van der Waals surface area contributed by atoms with E-state index in [1.54, 1.807) is 0 Å². The average molecular weight is 309 g/mol. The molecule has 0 aromatic carbocycles. The van der Waals surface area contributed by atoms with Crippen LogP contribution >= 0.6 is 0 Å². The third-order valence-electron chi connectivity index (χ3n) is 5.52. The number of piperidine rings is 1. The largest absolute Gasteiger partial charge is 0.340 e. The highest BCUT2D eigenvalue weighted by Gasteiger charge is 2.35. The second-order valence-corrected chi connectivity index (χ2v) is 8.96. The van der Waals surface area contributed by atoms with Crippen LogP contribution in [0.4, 0.5) is 0 Å². The van der Waals surface area contributed by atoms with Crippen LogP contribution in [0.3, 0.4) is 0 Å². The number of rotatable bonds is 4. The van der Waals surface area contributed by atoms with Gasteiger partial charge < -0.3 is 10.2 Å². The van der Waals surface area contributed by atoms with E-state index in [1.165, 1.54) is 32.1 Å². The molecule has 1 amide bonds. The first kappa shape index (κ1) is 17.8. The minimum Gasteiger partial charge on any atom is -0.340 e. The van der Waals surface area contributed by atoms with Crippen LogP contribution in [0.1, 0.15) is 66.7 Å². The fourth-order valence-corrected chi connectivity index (χ4v) is 3.96. The highest BCUT2D eigenvalue weighted by molar-refractivity contribution is 5.81. The summed E-state index contributed by atoms with van der Waals surface area (Å²) in [7, 11) is 0. The van der Waals surface area contributed by atoms with E-state index in [2.05, 4.69) is 24.1 Å². The second kappa shape index (κ2) is 7.33. The monoisotopic (exact) mass is 308 g/mol. The van der Waals surface area contributed by atoms with Gasteiger partial charge in [-0.2, -0.15) is 0 Å². The van der Waals surface area contributed by atoms with E-state index < -0.39 is 0 Å². The van der Waals surface area contributed by atoms with Crippen molar-refractivity contribution in [2.45, 2.75) is 72.8 Å². The van der Waals surface area contributed by atoms with Gasteiger partial charge in [0.1, 0.15) is 0 Å². The lowest BCUT2D eigenvalue weighted by atomic mass is 9.83. The molecule has 0 radical (unpaired) electrons. The minimum absolute atomic E-state index is 0.269. The van der Waals surface area contributed by atoms with Gasteiger partial charge in [0.15, 0.2) is 0 Å². The summed E-state index contributed by atoms with van der Waals surface area (Å²) in [6, 6.07) is 0.480. The zero-order chi connectivity index (χ0) is 16.3. The van der Waals surface area contributed by atoms with Crippen molar-refractivity contribution >= 4 is 5.91 Å². The Morgan fingerprint density at radius 3 is 2.36 bits per heavy atom. The summed E-state index contributed by atoms with van der Waals surface area (Å²) in [4.78, 5) is 14.8. The van der Waals surface area contributed by atoms with Crippen molar-refractivity contribution in [2.75, 3.05) is 19.6 Å². The van der Waals surface area contributed by atoms with Crippen LogP contribution in [0.25, 0.3) is 0 Å². The molecule has 2 rings (SSSR count). The van der Waals surface area contributed by atoms with Gasteiger partial charge in [0.05, 0.1) is 0 Å². The molecule has 0 spiro atoms. The number of hydrogen-bond donors (Lipinski definition) is 1. The van der Waals surface area contributed by atoms with Gasteiger partial charge in [-0.1, -0.05) is 47.5 Å². The molecule has 1 saturated heterocycles. The van der Waals surface area contributed by atoms with Crippen LogP contribution in [-0.2, 0) is 4.79 Å². The van der Waals surface area contributed by atoms with Crippen LogP contribution in [0.15, 0.2) is 0 Å². The SMILES string of the molecule is CC(C)C1CC(NCC2CCCC2)CN(C(=O)C(C)(C)C)C1. The van der Waals surface area contributed by atoms with E-state index in [0.29, 0.717) is 23.8 Å². The summed E-state index contributed by atoms with van der Waals surface area (Å²) >= 11 is 0. The number of hydrogen-bond acceptors (Lipinski definition) is 2. The lowest BCUT2D eigenvalue weighted by molar-refractivity contribution is -0.142. The Hall–Kier alpha value is -0.570. The zero-order valence-corrected chi connectivity index (χ0v) is 15.3. The number of nitrogens with one attached hydrogen (secondary N) is 1. The summed E-state index contributed by atoms with van der Waals surface area (Å²) < 4.78 is 0. The number of carbonyl (C=O) groups is 1. The molecule has 0 aromatic rings. The van der Waals surface area contributed by atoms with Crippen LogP contribution in [-0.4, -0.2) is 36.5 Å². The molecule has 1 heterocycles. The molecule has 1 saturated carbocycles. The topological polar surface area (TPSA) is 32.3 Å². The molecule has 22 heavy (non-hydrogen) atoms. The van der Waals surface area contributed by atoms with Crippen LogP contribution in [0.5, 0.6) is 0 Å². The maximum Gasteiger partial charge on any atom is 0.228 e. The quantitative estimate of drug-likeness (QED) is 0.859. The number of likely N-dealkylation sites (tertiary alicyclic amines) is 1. The number of carbonyl (C=O) groups excluding carboxylic acids is 1. The minimum atomic E-state index is -0.269. The molecule has 1 aliphatic carbocycles. The molecular weight excluding hydrogens is 272 g/mol. The van der Waals surface area contributed by atoms with Crippen molar-refractivity contribution in [1.29, 1.82) is 0 Å². The molecule has 0 bridgehead atoms. The zero-order valence-electron chi connectivity index (χ0n) is 15.3. The van der Waals surface area contributed by atoms with Crippen LogP contribution in [0.2, 0.25) is 0 Å². The Kier molecular flexibility index (Phi) is 5.93. The standard InChI is InChI=1S/C19H36N2O/c1-14(2)16-10-17(20-11-15-8-6-7-9-15)13-21(12-16)18(22)19(3,4)5/h14-17,20H,6-13H2,1-5H3. The molecular formula is C19H36N2O. The van der Waals surface area contributed by atoms with Crippen LogP contribution < -0.4 is 5.32 Å². The van der Waals surface area contributed by atoms with Crippen molar-refractivity contribution < 1.29 is 4.79 Å². The van der Waals surface area contributed by atoms with Crippen molar-refractivity contribution in [2.24, 2.45) is 23.2 Å². The van der Waals surface area contributed by atoms with E-state index in [0.717, 1.165) is 25.6 Å². The number of amides is 1. The van der Waals surface area contributed by atoms with Crippen molar-refractivity contribution in [3.05, 3.63) is 0 Å². The molecule has 2 unspecified atom stereocenters. The Bertz CT molecular complexity index is 366. The maximum absolute atomic E-state index is 12.7. The van der Waals surface area contributed by atoms with Gasteiger partial charge in [-0.25, -0.2) is 0 Å². The van der Waals surface area contributed by atoms with E-state index >= 15 is 0 Å². The van der Waals surface area contributed by atoms with E-state index in [4.69, 9.17) is 0 Å². The summed E-state index contributed by atoms with van der Waals surface area (Å²) in [5.41, 5.74) is -0.269. The third kappa shape index (κ3) is 4.71. The van der Waals surface area contributed by atoms with E-state index in [-0.39, 0.29) is 5.41 Å². The molecule has 2 aliphatic rings. The molecule has 3 nitrogen and oxygen atoms in total. The molecule has 1 aliphatic heterocycles. The van der Waals surface area contributed by atoms with Crippen molar-refractivity contribution in [3.8, 4) is 0 Å². The highest BCUT2D eigenvalue weighted by Crippen LogP contribution is 2.29. The van der Waals surface area contributed by atoms with Gasteiger partial charge in [0.2, 0.25) is 5.91 Å². The van der Waals surface area contributed by atoms with Gasteiger partial charge >= 0.3 is 0 Å². The smallest absolute Gasteiger partial charge is 0.228 e. The second-order valence-electron chi connectivity index (χ2n) is 8.96. The first-order valence-corrected chi connectivity index (χ1v) is 9.30. The first-order chi connectivity index (χ1) is 10.3. The van der Waals surface area contributed by atoms with Gasteiger partial charge in [0.25, 0.3) is 0 Å². The average Bonchev–Trinajstić information content (AvgIpc) is 2.96. The van der Waals surface area contributed by atoms with Crippen molar-refractivity contribution in [3.63, 3.8) is 0 Å². The highest BCUT2D eigenvalue weighted by atomic mass is 16.2. The van der Waals surface area contributed by atoms with Gasteiger partial charge in [0, 0.05) is 24.5 Å². The predicted molar refractivity (Wildman–Crippen MR) is 92.7 cm³/mol. The summed E-state index contributed by atoms with van der Waals surface area (Å²) in [5.74, 6) is 2.45. The third-order valence-corrected chi connectivity index (χ3v) is 5.52. The molecule has 2 atom stereocenters. The first-order valence-electron chi connectivity index (χ1n) is 9.30. The normalized spacial score (nSPS) is 27.6. The van der Waals surface area contributed by atoms with Gasteiger partial charge in [-0.3, -0.25) is 4.79 Å². The summed E-state index contributed by atoms with van der Waals surface area (Å²) in [6.07, 6.45) is 6.80. The van der Waals surface area contributed by atoms with Gasteiger partial charge in [-0.15, -0.1) is 0 Å². The lowest BCUT2D eigenvalue weighted by Gasteiger charge is -2.42. The Labute approximate surface area is 137 Å². The summed E-state index contributed by atoms with van der Waals surface area (Å²) in [5, 5.41) is 3.79. The molecule has 128 valence electrons. The fourth-order valence-electron chi connectivity index (χ4n) is 3.96. The Morgan fingerprint density at radius 2 is 1.82 bits per heavy atom. The summed E-state index contributed by atoms with van der Waals surface area (Å²) in [6.45, 7) is 13.7.